The molecule has 1 saturated heterocycles. The fourth-order valence-electron chi connectivity index (χ4n) is 2.76. The van der Waals surface area contributed by atoms with Crippen LogP contribution in [-0.2, 0) is 17.8 Å². The number of hydrogen-bond acceptors (Lipinski definition) is 4. The third-order valence-electron chi connectivity index (χ3n) is 3.88. The molecular weight excluding hydrogens is 270 g/mol. The molecular formula is C15H19N3O3. The Morgan fingerprint density at radius 3 is 2.86 bits per heavy atom. The van der Waals surface area contributed by atoms with Crippen LogP contribution in [0.3, 0.4) is 0 Å². The molecule has 1 aliphatic rings. The van der Waals surface area contributed by atoms with Crippen LogP contribution in [-0.4, -0.2) is 44.8 Å². The number of nitrogens with zero attached hydrogens (tertiary/aromatic N) is 3. The molecule has 1 aliphatic heterocycles. The minimum absolute atomic E-state index is 0.00552. The predicted octanol–water partition coefficient (Wildman–Crippen LogP) is 0.847. The first-order valence-electron chi connectivity index (χ1n) is 7.10. The largest absolute Gasteiger partial charge is 0.391 e. The van der Waals surface area contributed by atoms with Gasteiger partial charge >= 0.3 is 0 Å². The van der Waals surface area contributed by atoms with E-state index in [0.29, 0.717) is 26.1 Å². The average molecular weight is 289 g/mol. The average Bonchev–Trinajstić information content (AvgIpc) is 3.14. The van der Waals surface area contributed by atoms with Gasteiger partial charge in [0, 0.05) is 43.9 Å². The summed E-state index contributed by atoms with van der Waals surface area (Å²) in [6.07, 6.45) is 3.82. The van der Waals surface area contributed by atoms with Gasteiger partial charge < -0.3 is 19.1 Å². The van der Waals surface area contributed by atoms with Gasteiger partial charge in [0.2, 0.25) is 5.91 Å². The number of likely N-dealkylation sites (tertiary alicyclic amines) is 1. The highest BCUT2D eigenvalue weighted by atomic mass is 16.5. The molecule has 0 saturated carbocycles. The maximum absolute atomic E-state index is 12.2. The number of aryl methyl sites for hydroxylation is 1. The molecule has 2 atom stereocenters. The summed E-state index contributed by atoms with van der Waals surface area (Å²) in [4.78, 5) is 13.9. The number of β-amino-alcohol motifs (C(OH)–C–C–N with tert-alkyl or cyclic N) is 1. The molecule has 0 aliphatic carbocycles. The minimum atomic E-state index is -0.510. The van der Waals surface area contributed by atoms with Gasteiger partial charge in [0.1, 0.15) is 12.3 Å². The number of aliphatic hydroxyl groups excluding tert-OH is 1. The standard InChI is InChI=1S/C15H19N3O3/c1-11-6-13(21-16-11)7-12-8-18(9-14(12)19)15(20)10-17-4-2-3-5-17/h2-6,12,14,19H,7-10H2,1H3/t12-,14-/m1/s1. The van der Waals surface area contributed by atoms with Gasteiger partial charge in [-0.2, -0.15) is 0 Å². The molecule has 0 radical (unpaired) electrons. The third kappa shape index (κ3) is 3.16. The molecule has 1 fully saturated rings. The zero-order chi connectivity index (χ0) is 14.8. The first-order valence-corrected chi connectivity index (χ1v) is 7.10. The lowest BCUT2D eigenvalue weighted by atomic mass is 10.0. The maximum atomic E-state index is 12.2. The molecule has 3 heterocycles. The molecule has 2 aromatic heterocycles. The van der Waals surface area contributed by atoms with E-state index in [1.54, 1.807) is 4.90 Å². The van der Waals surface area contributed by atoms with Crippen LogP contribution >= 0.6 is 0 Å². The van der Waals surface area contributed by atoms with E-state index in [2.05, 4.69) is 5.16 Å². The van der Waals surface area contributed by atoms with Gasteiger partial charge in [-0.1, -0.05) is 5.16 Å². The van der Waals surface area contributed by atoms with E-state index < -0.39 is 6.10 Å². The lowest BCUT2D eigenvalue weighted by Crippen LogP contribution is -2.32. The quantitative estimate of drug-likeness (QED) is 0.905. The van der Waals surface area contributed by atoms with Crippen LogP contribution in [0.25, 0.3) is 0 Å². The molecule has 3 rings (SSSR count). The Labute approximate surface area is 123 Å². The van der Waals surface area contributed by atoms with Crippen molar-refractivity contribution < 1.29 is 14.4 Å². The number of hydrogen-bond donors (Lipinski definition) is 1. The van der Waals surface area contributed by atoms with Crippen molar-refractivity contribution in [2.24, 2.45) is 5.92 Å². The summed E-state index contributed by atoms with van der Waals surface area (Å²) in [5.74, 6) is 0.795. The lowest BCUT2D eigenvalue weighted by molar-refractivity contribution is -0.131. The van der Waals surface area contributed by atoms with Crippen LogP contribution in [0.2, 0.25) is 0 Å². The van der Waals surface area contributed by atoms with E-state index in [1.165, 1.54) is 0 Å². The molecule has 0 bridgehead atoms. The van der Waals surface area contributed by atoms with E-state index in [0.717, 1.165) is 11.5 Å². The maximum Gasteiger partial charge on any atom is 0.242 e. The summed E-state index contributed by atoms with van der Waals surface area (Å²) in [7, 11) is 0. The van der Waals surface area contributed by atoms with Crippen LogP contribution in [0.4, 0.5) is 0 Å². The Balaban J connectivity index is 1.58. The number of carbonyl (C=O) groups excluding carboxylic acids is 1. The summed E-state index contributed by atoms with van der Waals surface area (Å²) in [5.41, 5.74) is 0.832. The van der Waals surface area contributed by atoms with Gasteiger partial charge in [-0.25, -0.2) is 0 Å². The Morgan fingerprint density at radius 1 is 1.43 bits per heavy atom. The summed E-state index contributed by atoms with van der Waals surface area (Å²) < 4.78 is 7.02. The smallest absolute Gasteiger partial charge is 0.242 e. The number of amides is 1. The second-order valence-corrected chi connectivity index (χ2v) is 5.62. The summed E-state index contributed by atoms with van der Waals surface area (Å²) in [6, 6.07) is 5.65. The van der Waals surface area contributed by atoms with Gasteiger partial charge in [0.05, 0.1) is 11.8 Å². The Kier molecular flexibility index (Phi) is 3.79. The highest BCUT2D eigenvalue weighted by Gasteiger charge is 2.34. The molecule has 0 spiro atoms. The van der Waals surface area contributed by atoms with Crippen LogP contribution < -0.4 is 0 Å². The number of aromatic nitrogens is 2. The Hall–Kier alpha value is -2.08. The van der Waals surface area contributed by atoms with E-state index in [-0.39, 0.29) is 11.8 Å². The topological polar surface area (TPSA) is 71.5 Å². The highest BCUT2D eigenvalue weighted by molar-refractivity contribution is 5.76. The van der Waals surface area contributed by atoms with Gasteiger partial charge in [-0.3, -0.25) is 4.79 Å². The molecule has 6 nitrogen and oxygen atoms in total. The summed E-state index contributed by atoms with van der Waals surface area (Å²) >= 11 is 0. The zero-order valence-corrected chi connectivity index (χ0v) is 12.0. The Morgan fingerprint density at radius 2 is 2.19 bits per heavy atom. The fourth-order valence-corrected chi connectivity index (χ4v) is 2.76. The van der Waals surface area contributed by atoms with Crippen LogP contribution in [0.1, 0.15) is 11.5 Å². The van der Waals surface area contributed by atoms with Crippen LogP contribution in [0.5, 0.6) is 0 Å². The van der Waals surface area contributed by atoms with Gasteiger partial charge in [0.25, 0.3) is 0 Å². The lowest BCUT2D eigenvalue weighted by Gasteiger charge is -2.16. The van der Waals surface area contributed by atoms with Crippen molar-refractivity contribution in [3.05, 3.63) is 42.0 Å². The van der Waals surface area contributed by atoms with Crippen molar-refractivity contribution in [3.8, 4) is 0 Å². The monoisotopic (exact) mass is 289 g/mol. The fraction of sp³-hybridized carbons (Fsp3) is 0.467. The normalized spacial score (nSPS) is 21.9. The summed E-state index contributed by atoms with van der Waals surface area (Å²) in [6.45, 7) is 3.12. The first-order chi connectivity index (χ1) is 10.1. The molecule has 0 aromatic carbocycles. The third-order valence-corrected chi connectivity index (χ3v) is 3.88. The predicted molar refractivity (Wildman–Crippen MR) is 75.5 cm³/mol. The molecule has 112 valence electrons. The molecule has 0 unspecified atom stereocenters. The first kappa shape index (κ1) is 13.9. The van der Waals surface area contributed by atoms with Crippen molar-refractivity contribution in [1.82, 2.24) is 14.6 Å². The molecule has 2 aromatic rings. The van der Waals surface area contributed by atoms with Crippen molar-refractivity contribution >= 4 is 5.91 Å². The second kappa shape index (κ2) is 5.73. The SMILES string of the molecule is Cc1cc(C[C@@H]2CN(C(=O)Cn3cccc3)C[C@H]2O)on1. The minimum Gasteiger partial charge on any atom is -0.391 e. The Bertz CT molecular complexity index is 605. The molecule has 6 heteroatoms. The van der Waals surface area contributed by atoms with Crippen molar-refractivity contribution in [2.75, 3.05) is 13.1 Å². The van der Waals surface area contributed by atoms with E-state index in [9.17, 15) is 9.90 Å². The van der Waals surface area contributed by atoms with Crippen molar-refractivity contribution in [3.63, 3.8) is 0 Å². The van der Waals surface area contributed by atoms with Gasteiger partial charge in [-0.15, -0.1) is 0 Å². The van der Waals surface area contributed by atoms with Gasteiger partial charge in [0.15, 0.2) is 0 Å². The molecule has 1 amide bonds. The van der Waals surface area contributed by atoms with Crippen LogP contribution in [0, 0.1) is 12.8 Å². The van der Waals surface area contributed by atoms with Crippen LogP contribution in [0.15, 0.2) is 35.1 Å². The number of aliphatic hydroxyl groups is 1. The van der Waals surface area contributed by atoms with E-state index in [4.69, 9.17) is 4.52 Å². The number of carbonyl (C=O) groups is 1. The summed E-state index contributed by atoms with van der Waals surface area (Å²) in [5, 5.41) is 14.0. The molecule has 1 N–H and O–H groups in total. The van der Waals surface area contributed by atoms with Crippen molar-refractivity contribution in [2.45, 2.75) is 26.0 Å². The molecule has 21 heavy (non-hydrogen) atoms. The van der Waals surface area contributed by atoms with E-state index >= 15 is 0 Å². The second-order valence-electron chi connectivity index (χ2n) is 5.62. The van der Waals surface area contributed by atoms with Crippen molar-refractivity contribution in [1.29, 1.82) is 0 Å². The zero-order valence-electron chi connectivity index (χ0n) is 12.0. The number of rotatable bonds is 4. The highest BCUT2D eigenvalue weighted by Crippen LogP contribution is 2.22. The van der Waals surface area contributed by atoms with E-state index in [1.807, 2.05) is 42.1 Å². The van der Waals surface area contributed by atoms with Gasteiger partial charge in [-0.05, 0) is 19.1 Å².